The number of nitrogens with one attached hydrogen (secondary N) is 1. The van der Waals surface area contributed by atoms with Crippen LogP contribution in [0.5, 0.6) is 11.5 Å². The van der Waals surface area contributed by atoms with Crippen LogP contribution in [0, 0.1) is 0 Å². The number of ether oxygens (including phenoxy) is 2. The summed E-state index contributed by atoms with van der Waals surface area (Å²) in [4.78, 5) is 12.2. The zero-order chi connectivity index (χ0) is 21.3. The molecule has 1 amide bonds. The number of tetrazole rings is 1. The van der Waals surface area contributed by atoms with Gasteiger partial charge in [0.1, 0.15) is 12.6 Å². The minimum absolute atomic E-state index is 0.363. The van der Waals surface area contributed by atoms with E-state index in [-0.39, 0.29) is 0 Å². The lowest BCUT2D eigenvalue weighted by molar-refractivity contribution is -0.115. The molecular formula is C20H19BrN6O3. The van der Waals surface area contributed by atoms with Crippen molar-refractivity contribution in [1.82, 2.24) is 20.2 Å². The number of nitrogens with zero attached hydrogens (tertiary/aromatic N) is 4. The Hall–Kier alpha value is -3.40. The number of methoxy groups -OCH3 is 1. The van der Waals surface area contributed by atoms with Crippen LogP contribution in [0.2, 0.25) is 0 Å². The van der Waals surface area contributed by atoms with Gasteiger partial charge in [-0.3, -0.25) is 4.79 Å². The predicted octanol–water partition coefficient (Wildman–Crippen LogP) is 2.80. The first-order valence-electron chi connectivity index (χ1n) is 9.09. The van der Waals surface area contributed by atoms with Crippen molar-refractivity contribution in [1.29, 1.82) is 0 Å². The first kappa shape index (κ1) is 19.9. The summed E-state index contributed by atoms with van der Waals surface area (Å²) >= 11 is 3.57. The fraction of sp³-hybridized carbons (Fsp3) is 0.200. The van der Waals surface area contributed by atoms with Gasteiger partial charge in [-0.1, -0.05) is 35.4 Å². The molecule has 3 aromatic rings. The van der Waals surface area contributed by atoms with Crippen LogP contribution in [0.25, 0.3) is 0 Å². The number of rotatable bonds is 6. The maximum Gasteiger partial charge on any atom is 0.248 e. The summed E-state index contributed by atoms with van der Waals surface area (Å²) in [5.74, 6) is 0.912. The zero-order valence-electron chi connectivity index (χ0n) is 16.3. The van der Waals surface area contributed by atoms with Gasteiger partial charge in [0.2, 0.25) is 11.9 Å². The van der Waals surface area contributed by atoms with Gasteiger partial charge < -0.3 is 20.5 Å². The minimum atomic E-state index is -0.609. The van der Waals surface area contributed by atoms with Crippen LogP contribution in [-0.4, -0.2) is 33.2 Å². The van der Waals surface area contributed by atoms with E-state index in [1.54, 1.807) is 20.1 Å². The molecule has 0 aliphatic carbocycles. The third-order valence-electron chi connectivity index (χ3n) is 4.77. The topological polar surface area (TPSA) is 117 Å². The van der Waals surface area contributed by atoms with E-state index in [2.05, 4.69) is 36.8 Å². The van der Waals surface area contributed by atoms with Crippen molar-refractivity contribution in [3.63, 3.8) is 0 Å². The quantitative estimate of drug-likeness (QED) is 0.568. The van der Waals surface area contributed by atoms with Crippen LogP contribution in [0.1, 0.15) is 24.1 Å². The van der Waals surface area contributed by atoms with Crippen LogP contribution in [-0.2, 0) is 11.4 Å². The maximum atomic E-state index is 12.2. The van der Waals surface area contributed by atoms with Crippen molar-refractivity contribution in [2.45, 2.75) is 19.6 Å². The molecular weight excluding hydrogens is 452 g/mol. The van der Waals surface area contributed by atoms with E-state index < -0.39 is 11.9 Å². The predicted molar refractivity (Wildman–Crippen MR) is 113 cm³/mol. The first-order chi connectivity index (χ1) is 14.5. The Bertz CT molecular complexity index is 1130. The van der Waals surface area contributed by atoms with E-state index in [4.69, 9.17) is 15.2 Å². The van der Waals surface area contributed by atoms with E-state index >= 15 is 0 Å². The average molecular weight is 471 g/mol. The summed E-state index contributed by atoms with van der Waals surface area (Å²) < 4.78 is 13.8. The molecule has 1 aliphatic heterocycles. The highest BCUT2D eigenvalue weighted by atomic mass is 79.9. The Labute approximate surface area is 181 Å². The third-order valence-corrected chi connectivity index (χ3v) is 5.36. The number of amides is 1. The second-order valence-electron chi connectivity index (χ2n) is 6.69. The summed E-state index contributed by atoms with van der Waals surface area (Å²) in [6, 6.07) is 12.9. The molecule has 4 rings (SSSR count). The van der Waals surface area contributed by atoms with Crippen LogP contribution >= 0.6 is 15.9 Å². The van der Waals surface area contributed by atoms with Crippen molar-refractivity contribution in [3.05, 3.63) is 69.3 Å². The Kier molecular flexibility index (Phi) is 5.40. The molecule has 1 aliphatic rings. The largest absolute Gasteiger partial charge is 0.493 e. The Morgan fingerprint density at radius 3 is 2.77 bits per heavy atom. The summed E-state index contributed by atoms with van der Waals surface area (Å²) in [7, 11) is 1.56. The second-order valence-corrected chi connectivity index (χ2v) is 7.54. The molecule has 0 bridgehead atoms. The molecule has 10 heteroatoms. The fourth-order valence-corrected chi connectivity index (χ4v) is 3.98. The van der Waals surface area contributed by atoms with E-state index in [9.17, 15) is 4.79 Å². The molecule has 0 fully saturated rings. The van der Waals surface area contributed by atoms with Gasteiger partial charge in [-0.05, 0) is 56.5 Å². The van der Waals surface area contributed by atoms with Gasteiger partial charge in [0.05, 0.1) is 17.2 Å². The Balaban J connectivity index is 1.75. The number of anilines is 1. The van der Waals surface area contributed by atoms with Gasteiger partial charge in [0, 0.05) is 5.70 Å². The monoisotopic (exact) mass is 470 g/mol. The maximum absolute atomic E-state index is 12.2. The highest BCUT2D eigenvalue weighted by Crippen LogP contribution is 2.42. The number of carbonyl (C=O) groups excluding carboxylic acids is 1. The highest BCUT2D eigenvalue weighted by molar-refractivity contribution is 9.10. The number of halogens is 1. The smallest absolute Gasteiger partial charge is 0.248 e. The van der Waals surface area contributed by atoms with Crippen molar-refractivity contribution in [2.75, 3.05) is 12.4 Å². The lowest BCUT2D eigenvalue weighted by Gasteiger charge is -2.27. The zero-order valence-corrected chi connectivity index (χ0v) is 17.9. The van der Waals surface area contributed by atoms with E-state index in [0.29, 0.717) is 45.4 Å². The van der Waals surface area contributed by atoms with E-state index in [1.165, 1.54) is 4.68 Å². The minimum Gasteiger partial charge on any atom is -0.493 e. The van der Waals surface area contributed by atoms with E-state index in [1.807, 2.05) is 36.4 Å². The van der Waals surface area contributed by atoms with Crippen molar-refractivity contribution in [3.8, 4) is 11.5 Å². The summed E-state index contributed by atoms with van der Waals surface area (Å²) in [6.07, 6.45) is 0. The molecule has 0 radical (unpaired) electrons. The van der Waals surface area contributed by atoms with Crippen molar-refractivity contribution in [2.24, 2.45) is 5.73 Å². The second kappa shape index (κ2) is 8.15. The number of aromatic nitrogens is 4. The van der Waals surface area contributed by atoms with Gasteiger partial charge in [-0.25, -0.2) is 0 Å². The van der Waals surface area contributed by atoms with Gasteiger partial charge in [0.25, 0.3) is 0 Å². The summed E-state index contributed by atoms with van der Waals surface area (Å²) in [6.45, 7) is 2.14. The van der Waals surface area contributed by atoms with Crippen LogP contribution in [0.3, 0.4) is 0 Å². The Morgan fingerprint density at radius 2 is 2.07 bits per heavy atom. The van der Waals surface area contributed by atoms with Gasteiger partial charge in [0.15, 0.2) is 11.5 Å². The lowest BCUT2D eigenvalue weighted by Crippen LogP contribution is -2.31. The molecule has 30 heavy (non-hydrogen) atoms. The molecule has 0 spiro atoms. The first-order valence-corrected chi connectivity index (χ1v) is 9.88. The van der Waals surface area contributed by atoms with E-state index in [0.717, 1.165) is 5.56 Å². The van der Waals surface area contributed by atoms with Crippen molar-refractivity contribution >= 4 is 27.8 Å². The van der Waals surface area contributed by atoms with Crippen LogP contribution in [0.15, 0.2) is 58.2 Å². The third kappa shape index (κ3) is 3.61. The SMILES string of the molecule is COc1cc([C@@H]2C(C(N)=O)=C(C)Nc3nnnn32)cc(Br)c1OCc1ccccc1. The van der Waals surface area contributed by atoms with Crippen molar-refractivity contribution < 1.29 is 14.3 Å². The standard InChI is InChI=1S/C20H19BrN6O3/c1-11-16(19(22)28)17(27-20(23-11)24-25-26-27)13-8-14(21)18(15(9-13)29-2)30-10-12-6-4-3-5-7-12/h3-9,17H,10H2,1-2H3,(H2,22,28)(H,23,24,26)/t17-/m1/s1. The number of allylic oxidation sites excluding steroid dienone is 1. The Morgan fingerprint density at radius 1 is 1.30 bits per heavy atom. The number of hydrogen-bond donors (Lipinski definition) is 2. The highest BCUT2D eigenvalue weighted by Gasteiger charge is 2.34. The molecule has 1 aromatic heterocycles. The number of hydrogen-bond acceptors (Lipinski definition) is 7. The van der Waals surface area contributed by atoms with Crippen LogP contribution < -0.4 is 20.5 Å². The molecule has 9 nitrogen and oxygen atoms in total. The average Bonchev–Trinajstić information content (AvgIpc) is 3.19. The van der Waals surface area contributed by atoms with Gasteiger partial charge in [-0.15, -0.1) is 0 Å². The van der Waals surface area contributed by atoms with Gasteiger partial charge >= 0.3 is 0 Å². The molecule has 0 unspecified atom stereocenters. The molecule has 3 N–H and O–H groups in total. The number of carbonyl (C=O) groups is 1. The number of nitrogens with two attached hydrogens (primary N) is 1. The lowest BCUT2D eigenvalue weighted by atomic mass is 9.95. The normalized spacial score (nSPS) is 15.4. The summed E-state index contributed by atoms with van der Waals surface area (Å²) in [5, 5.41) is 14.7. The molecule has 1 atom stereocenters. The number of primary amides is 1. The fourth-order valence-electron chi connectivity index (χ4n) is 3.41. The molecule has 2 heterocycles. The molecule has 2 aromatic carbocycles. The molecule has 154 valence electrons. The van der Waals surface area contributed by atoms with Gasteiger partial charge in [-0.2, -0.15) is 4.68 Å². The molecule has 0 saturated carbocycles. The number of fused-ring (bicyclic) bond motifs is 1. The van der Waals surface area contributed by atoms with Crippen LogP contribution in [0.4, 0.5) is 5.95 Å². The summed E-state index contributed by atoms with van der Waals surface area (Å²) in [5.41, 5.74) is 8.38. The molecule has 0 saturated heterocycles. The number of benzene rings is 2.